The van der Waals surface area contributed by atoms with Gasteiger partial charge in [0.25, 0.3) is 5.89 Å². The monoisotopic (exact) mass is 363 g/mol. The molecule has 0 aliphatic carbocycles. The van der Waals surface area contributed by atoms with E-state index in [-0.39, 0.29) is 11.8 Å². The maximum Gasteiger partial charge on any atom is 0.338 e. The first kappa shape index (κ1) is 17.0. The lowest BCUT2D eigenvalue weighted by Crippen LogP contribution is -2.19. The van der Waals surface area contributed by atoms with Crippen LogP contribution in [0.1, 0.15) is 41.3 Å². The second kappa shape index (κ2) is 7.03. The van der Waals surface area contributed by atoms with Crippen LogP contribution in [-0.4, -0.2) is 22.1 Å². The van der Waals surface area contributed by atoms with Crippen molar-refractivity contribution in [2.45, 2.75) is 25.9 Å². The zero-order valence-corrected chi connectivity index (χ0v) is 14.6. The molecule has 1 aliphatic rings. The Morgan fingerprint density at radius 1 is 1.15 bits per heavy atom. The summed E-state index contributed by atoms with van der Waals surface area (Å²) in [5.41, 5.74) is 2.87. The quantitative estimate of drug-likeness (QED) is 0.713. The van der Waals surface area contributed by atoms with Gasteiger partial charge in [0.15, 0.2) is 6.10 Å². The van der Waals surface area contributed by atoms with Crippen molar-refractivity contribution in [1.82, 2.24) is 10.2 Å². The Morgan fingerprint density at radius 3 is 2.78 bits per heavy atom. The third kappa shape index (κ3) is 3.57. The molecule has 0 saturated heterocycles. The molecule has 2 aromatic carbocycles. The van der Waals surface area contributed by atoms with Gasteiger partial charge in [-0.1, -0.05) is 18.2 Å². The summed E-state index contributed by atoms with van der Waals surface area (Å²) in [6.45, 7) is 1.68. The molecular formula is C20H17N3O4. The Balaban J connectivity index is 1.47. The van der Waals surface area contributed by atoms with Crippen LogP contribution >= 0.6 is 0 Å². The Bertz CT molecular complexity index is 997. The lowest BCUT2D eigenvalue weighted by Gasteiger charge is -2.17. The minimum absolute atomic E-state index is 0.0166. The van der Waals surface area contributed by atoms with Gasteiger partial charge in [-0.05, 0) is 49.2 Å². The maximum atomic E-state index is 12.5. The highest BCUT2D eigenvalue weighted by atomic mass is 16.6. The molecule has 136 valence electrons. The Labute approximate surface area is 155 Å². The van der Waals surface area contributed by atoms with Crippen LogP contribution in [0.4, 0.5) is 5.69 Å². The van der Waals surface area contributed by atoms with Crippen LogP contribution in [0.3, 0.4) is 0 Å². The molecule has 0 fully saturated rings. The van der Waals surface area contributed by atoms with Crippen molar-refractivity contribution in [2.24, 2.45) is 0 Å². The van der Waals surface area contributed by atoms with E-state index in [2.05, 4.69) is 15.5 Å². The average Bonchev–Trinajstić information content (AvgIpc) is 3.18. The van der Waals surface area contributed by atoms with Crippen LogP contribution in [0.2, 0.25) is 0 Å². The number of rotatable bonds is 4. The first-order valence-electron chi connectivity index (χ1n) is 8.63. The molecule has 0 radical (unpaired) electrons. The number of anilines is 1. The highest BCUT2D eigenvalue weighted by molar-refractivity contribution is 5.96. The van der Waals surface area contributed by atoms with Crippen LogP contribution in [-0.2, 0) is 16.0 Å². The first-order valence-corrected chi connectivity index (χ1v) is 8.63. The third-order valence-electron chi connectivity index (χ3n) is 4.33. The van der Waals surface area contributed by atoms with Gasteiger partial charge < -0.3 is 14.5 Å². The summed E-state index contributed by atoms with van der Waals surface area (Å²) in [6, 6.07) is 14.5. The van der Waals surface area contributed by atoms with E-state index in [9.17, 15) is 9.59 Å². The summed E-state index contributed by atoms with van der Waals surface area (Å²) < 4.78 is 11.1. The first-order chi connectivity index (χ1) is 13.1. The number of hydrogen-bond acceptors (Lipinski definition) is 6. The van der Waals surface area contributed by atoms with Gasteiger partial charge in [0.2, 0.25) is 11.8 Å². The van der Waals surface area contributed by atoms with Gasteiger partial charge in [0.1, 0.15) is 0 Å². The van der Waals surface area contributed by atoms with Gasteiger partial charge in [-0.2, -0.15) is 0 Å². The number of benzene rings is 2. The Kier molecular flexibility index (Phi) is 4.42. The van der Waals surface area contributed by atoms with Gasteiger partial charge in [-0.3, -0.25) is 4.79 Å². The Hall–Kier alpha value is -3.48. The predicted molar refractivity (Wildman–Crippen MR) is 97.0 cm³/mol. The lowest BCUT2D eigenvalue weighted by atomic mass is 10.0. The van der Waals surface area contributed by atoms with E-state index in [0.717, 1.165) is 16.8 Å². The number of nitrogens with one attached hydrogen (secondary N) is 1. The summed E-state index contributed by atoms with van der Waals surface area (Å²) in [7, 11) is 0. The molecule has 1 aliphatic heterocycles. The molecule has 1 atom stereocenters. The lowest BCUT2D eigenvalue weighted by molar-refractivity contribution is -0.116. The largest absolute Gasteiger partial charge is 0.449 e. The summed E-state index contributed by atoms with van der Waals surface area (Å²) in [4.78, 5) is 23.9. The van der Waals surface area contributed by atoms with Crippen molar-refractivity contribution < 1.29 is 18.7 Å². The molecule has 0 spiro atoms. The molecule has 1 N–H and O–H groups in total. The molecule has 7 nitrogen and oxygen atoms in total. The van der Waals surface area contributed by atoms with Crippen LogP contribution in [0.15, 0.2) is 52.9 Å². The third-order valence-corrected chi connectivity index (χ3v) is 4.33. The predicted octanol–water partition coefficient (Wildman–Crippen LogP) is 3.54. The summed E-state index contributed by atoms with van der Waals surface area (Å²) in [5, 5.41) is 10.8. The second-order valence-electron chi connectivity index (χ2n) is 6.28. The molecule has 3 aromatic rings. The van der Waals surface area contributed by atoms with E-state index in [1.165, 1.54) is 0 Å². The highest BCUT2D eigenvalue weighted by Gasteiger charge is 2.22. The number of hydrogen-bond donors (Lipinski definition) is 1. The molecular weight excluding hydrogens is 346 g/mol. The number of carbonyl (C=O) groups excluding carboxylic acids is 2. The van der Waals surface area contributed by atoms with Gasteiger partial charge in [0, 0.05) is 17.7 Å². The normalized spacial score (nSPS) is 14.2. The van der Waals surface area contributed by atoms with Crippen LogP contribution in [0.25, 0.3) is 11.5 Å². The Morgan fingerprint density at radius 2 is 1.96 bits per heavy atom. The van der Waals surface area contributed by atoms with Crippen LogP contribution in [0.5, 0.6) is 0 Å². The zero-order valence-electron chi connectivity index (χ0n) is 14.6. The fraction of sp³-hybridized carbons (Fsp3) is 0.200. The SMILES string of the molecule is C[C@H](OC(=O)c1ccc2c(c1)CCC(=O)N2)c1nnc(-c2ccccc2)o1. The van der Waals surface area contributed by atoms with Crippen molar-refractivity contribution in [1.29, 1.82) is 0 Å². The molecule has 27 heavy (non-hydrogen) atoms. The number of esters is 1. The van der Waals surface area contributed by atoms with Crippen molar-refractivity contribution >= 4 is 17.6 Å². The van der Waals surface area contributed by atoms with Crippen molar-refractivity contribution in [3.05, 3.63) is 65.5 Å². The van der Waals surface area contributed by atoms with E-state index >= 15 is 0 Å². The zero-order chi connectivity index (χ0) is 18.8. The smallest absolute Gasteiger partial charge is 0.338 e. The van der Waals surface area contributed by atoms with Crippen LogP contribution in [0, 0.1) is 0 Å². The molecule has 4 rings (SSSR count). The number of ether oxygens (including phenoxy) is 1. The van der Waals surface area contributed by atoms with Crippen molar-refractivity contribution in [2.75, 3.05) is 5.32 Å². The van der Waals surface area contributed by atoms with E-state index in [1.54, 1.807) is 25.1 Å². The van der Waals surface area contributed by atoms with Gasteiger partial charge >= 0.3 is 5.97 Å². The molecule has 0 unspecified atom stereocenters. The molecule has 0 saturated carbocycles. The highest BCUT2D eigenvalue weighted by Crippen LogP contribution is 2.26. The number of aromatic nitrogens is 2. The summed E-state index contributed by atoms with van der Waals surface area (Å²) in [5.74, 6) is 0.101. The van der Waals surface area contributed by atoms with Crippen molar-refractivity contribution in [3.8, 4) is 11.5 Å². The topological polar surface area (TPSA) is 94.3 Å². The minimum atomic E-state index is -0.682. The molecule has 1 amide bonds. The molecule has 0 bridgehead atoms. The van der Waals surface area contributed by atoms with E-state index in [4.69, 9.17) is 9.15 Å². The number of fused-ring (bicyclic) bond motifs is 1. The second-order valence-corrected chi connectivity index (χ2v) is 6.28. The number of amides is 1. The van der Waals surface area contributed by atoms with Gasteiger partial charge in [-0.15, -0.1) is 10.2 Å². The average molecular weight is 363 g/mol. The number of nitrogens with zero attached hydrogens (tertiary/aromatic N) is 2. The standard InChI is InChI=1S/C20H17N3O4/c1-12(18-22-23-19(27-18)13-5-3-2-4-6-13)26-20(25)15-7-9-16-14(11-15)8-10-17(24)21-16/h2-7,9,11-12H,8,10H2,1H3,(H,21,24)/t12-/m0/s1. The number of aryl methyl sites for hydroxylation is 1. The molecule has 2 heterocycles. The fourth-order valence-corrected chi connectivity index (χ4v) is 2.89. The fourth-order valence-electron chi connectivity index (χ4n) is 2.89. The summed E-state index contributed by atoms with van der Waals surface area (Å²) >= 11 is 0. The van der Waals surface area contributed by atoms with E-state index in [0.29, 0.717) is 24.3 Å². The maximum absolute atomic E-state index is 12.5. The van der Waals surface area contributed by atoms with Crippen molar-refractivity contribution in [3.63, 3.8) is 0 Å². The van der Waals surface area contributed by atoms with Gasteiger partial charge in [-0.25, -0.2) is 4.79 Å². The molecule has 7 heteroatoms. The van der Waals surface area contributed by atoms with E-state index in [1.807, 2.05) is 30.3 Å². The molecule has 1 aromatic heterocycles. The van der Waals surface area contributed by atoms with Crippen LogP contribution < -0.4 is 5.32 Å². The summed E-state index contributed by atoms with van der Waals surface area (Å²) in [6.07, 6.45) is 0.326. The number of carbonyl (C=O) groups is 2. The van der Waals surface area contributed by atoms with E-state index < -0.39 is 12.1 Å². The minimum Gasteiger partial charge on any atom is -0.449 e. The van der Waals surface area contributed by atoms with Gasteiger partial charge in [0.05, 0.1) is 5.56 Å².